The second-order valence-electron chi connectivity index (χ2n) is 5.83. The SMILES string of the molecule is COc1ccc(C2=NN(c3ccccc3)C(=S)N(c3ccccc3)[N]2)cc1. The normalized spacial score (nSPS) is 13.8. The van der Waals surface area contributed by atoms with E-state index < -0.39 is 0 Å². The van der Waals surface area contributed by atoms with Crippen LogP contribution >= 0.6 is 12.2 Å². The van der Waals surface area contributed by atoms with Crippen LogP contribution < -0.4 is 20.2 Å². The molecule has 6 heteroatoms. The van der Waals surface area contributed by atoms with E-state index in [0.29, 0.717) is 10.9 Å². The Morgan fingerprint density at radius 2 is 1.30 bits per heavy atom. The van der Waals surface area contributed by atoms with E-state index >= 15 is 0 Å². The number of hydrogen-bond donors (Lipinski definition) is 0. The molecule has 0 aliphatic carbocycles. The molecule has 0 aromatic heterocycles. The molecule has 1 aliphatic rings. The van der Waals surface area contributed by atoms with E-state index in [9.17, 15) is 0 Å². The zero-order valence-corrected chi connectivity index (χ0v) is 15.5. The molecule has 3 aromatic rings. The van der Waals surface area contributed by atoms with Gasteiger partial charge in [0.05, 0.1) is 18.5 Å². The summed E-state index contributed by atoms with van der Waals surface area (Å²) in [5, 5.41) is 8.65. The summed E-state index contributed by atoms with van der Waals surface area (Å²) in [6.45, 7) is 0. The summed E-state index contributed by atoms with van der Waals surface area (Å²) in [6, 6.07) is 27.3. The Morgan fingerprint density at radius 1 is 0.741 bits per heavy atom. The van der Waals surface area contributed by atoms with E-state index in [4.69, 9.17) is 27.5 Å². The van der Waals surface area contributed by atoms with Crippen molar-refractivity contribution in [2.24, 2.45) is 5.10 Å². The van der Waals surface area contributed by atoms with Crippen LogP contribution in [0.15, 0.2) is 90.0 Å². The molecule has 4 rings (SSSR count). The van der Waals surface area contributed by atoms with Gasteiger partial charge >= 0.3 is 0 Å². The van der Waals surface area contributed by atoms with Gasteiger partial charge in [-0.2, -0.15) is 0 Å². The lowest BCUT2D eigenvalue weighted by Crippen LogP contribution is -2.52. The fourth-order valence-electron chi connectivity index (χ4n) is 2.72. The number of nitrogens with zero attached hydrogens (tertiary/aromatic N) is 4. The van der Waals surface area contributed by atoms with Crippen LogP contribution in [0.1, 0.15) is 5.56 Å². The van der Waals surface area contributed by atoms with E-state index in [2.05, 4.69) is 0 Å². The number of amidine groups is 1. The summed E-state index contributed by atoms with van der Waals surface area (Å²) in [7, 11) is 1.64. The average molecular weight is 373 g/mol. The Balaban J connectivity index is 1.77. The van der Waals surface area contributed by atoms with Crippen LogP contribution in [-0.2, 0) is 0 Å². The number of thiocarbonyl (C=S) groups is 1. The lowest BCUT2D eigenvalue weighted by molar-refractivity contribution is 0.415. The first kappa shape index (κ1) is 17.1. The van der Waals surface area contributed by atoms with Gasteiger partial charge in [-0.25, -0.2) is 10.0 Å². The van der Waals surface area contributed by atoms with Gasteiger partial charge in [-0.3, -0.25) is 0 Å². The number of rotatable bonds is 4. The molecular formula is C21H17N4OS. The summed E-state index contributed by atoms with van der Waals surface area (Å²) < 4.78 is 5.24. The van der Waals surface area contributed by atoms with Gasteiger partial charge in [0.25, 0.3) is 0 Å². The van der Waals surface area contributed by atoms with Crippen LogP contribution in [0.5, 0.6) is 5.75 Å². The van der Waals surface area contributed by atoms with Crippen LogP contribution in [0.2, 0.25) is 0 Å². The molecule has 133 valence electrons. The van der Waals surface area contributed by atoms with Crippen molar-refractivity contribution in [2.75, 3.05) is 17.1 Å². The number of para-hydroxylation sites is 2. The Labute approximate surface area is 163 Å². The standard InChI is InChI=1S/C21H17N4OS/c1-26-19-14-12-16(13-15-19)20-22-24(17-8-4-2-5-9-17)21(27)25(23-20)18-10-6-3-7-11-18/h2-15H,1H3. The first-order valence-electron chi connectivity index (χ1n) is 8.45. The smallest absolute Gasteiger partial charge is 0.222 e. The molecule has 27 heavy (non-hydrogen) atoms. The third kappa shape index (κ3) is 3.47. The van der Waals surface area contributed by atoms with Gasteiger partial charge in [-0.05, 0) is 60.7 Å². The molecule has 0 saturated carbocycles. The third-order valence-corrected chi connectivity index (χ3v) is 4.45. The molecule has 5 nitrogen and oxygen atoms in total. The van der Waals surface area contributed by atoms with Crippen molar-refractivity contribution in [1.29, 1.82) is 0 Å². The van der Waals surface area contributed by atoms with Crippen LogP contribution in [0.3, 0.4) is 0 Å². The molecule has 0 amide bonds. The molecule has 0 atom stereocenters. The van der Waals surface area contributed by atoms with Crippen molar-refractivity contribution in [3.8, 4) is 5.75 Å². The van der Waals surface area contributed by atoms with E-state index in [1.807, 2.05) is 84.9 Å². The van der Waals surface area contributed by atoms with Crippen LogP contribution in [0, 0.1) is 0 Å². The summed E-state index contributed by atoms with van der Waals surface area (Å²) in [5.74, 6) is 1.35. The second kappa shape index (κ2) is 7.47. The Kier molecular flexibility index (Phi) is 4.72. The maximum absolute atomic E-state index is 5.69. The number of methoxy groups -OCH3 is 1. The molecule has 0 saturated heterocycles. The van der Waals surface area contributed by atoms with Crippen LogP contribution in [-0.4, -0.2) is 18.1 Å². The van der Waals surface area contributed by atoms with Gasteiger partial charge < -0.3 is 4.74 Å². The maximum Gasteiger partial charge on any atom is 0.222 e. The lowest BCUT2D eigenvalue weighted by Gasteiger charge is -2.34. The number of hydrogen-bond acceptors (Lipinski definition) is 3. The van der Waals surface area contributed by atoms with Gasteiger partial charge in [-0.1, -0.05) is 36.4 Å². The van der Waals surface area contributed by atoms with Crippen molar-refractivity contribution in [3.05, 3.63) is 90.5 Å². The largest absolute Gasteiger partial charge is 0.497 e. The van der Waals surface area contributed by atoms with Crippen molar-refractivity contribution in [1.82, 2.24) is 5.43 Å². The first-order valence-corrected chi connectivity index (χ1v) is 8.86. The molecule has 0 unspecified atom stereocenters. The Morgan fingerprint density at radius 3 is 1.85 bits per heavy atom. The van der Waals surface area contributed by atoms with Crippen molar-refractivity contribution >= 4 is 34.5 Å². The minimum Gasteiger partial charge on any atom is -0.497 e. The maximum atomic E-state index is 5.69. The number of hydrazone groups is 1. The zero-order chi connectivity index (χ0) is 18.6. The van der Waals surface area contributed by atoms with Crippen LogP contribution in [0.4, 0.5) is 11.4 Å². The van der Waals surface area contributed by atoms with Gasteiger partial charge in [-0.15, -0.1) is 10.5 Å². The van der Waals surface area contributed by atoms with Crippen molar-refractivity contribution in [2.45, 2.75) is 0 Å². The quantitative estimate of drug-likeness (QED) is 0.643. The fraction of sp³-hybridized carbons (Fsp3) is 0.0476. The van der Waals surface area contributed by atoms with Crippen molar-refractivity contribution < 1.29 is 4.74 Å². The predicted molar refractivity (Wildman–Crippen MR) is 112 cm³/mol. The van der Waals surface area contributed by atoms with Gasteiger partial charge in [0.2, 0.25) is 5.11 Å². The van der Waals surface area contributed by atoms with E-state index in [1.54, 1.807) is 17.1 Å². The highest BCUT2D eigenvalue weighted by Gasteiger charge is 2.29. The molecular weight excluding hydrogens is 356 g/mol. The minimum atomic E-state index is 0.490. The number of benzene rings is 3. The minimum absolute atomic E-state index is 0.490. The molecule has 1 radical (unpaired) electrons. The van der Waals surface area contributed by atoms with Crippen molar-refractivity contribution in [3.63, 3.8) is 0 Å². The Hall–Kier alpha value is -3.38. The van der Waals surface area contributed by atoms with Gasteiger partial charge in [0.1, 0.15) is 5.75 Å². The number of ether oxygens (including phenoxy) is 1. The molecule has 1 aliphatic heterocycles. The summed E-state index contributed by atoms with van der Waals surface area (Å²) in [6.07, 6.45) is 0. The van der Waals surface area contributed by atoms with Crippen LogP contribution in [0.25, 0.3) is 0 Å². The topological polar surface area (TPSA) is 42.2 Å². The number of anilines is 2. The molecule has 0 spiro atoms. The second-order valence-corrected chi connectivity index (χ2v) is 6.19. The molecule has 0 N–H and O–H groups in total. The first-order chi connectivity index (χ1) is 13.3. The fourth-order valence-corrected chi connectivity index (χ4v) is 3.01. The van der Waals surface area contributed by atoms with E-state index in [0.717, 1.165) is 22.7 Å². The average Bonchev–Trinajstić information content (AvgIpc) is 2.75. The highest BCUT2D eigenvalue weighted by atomic mass is 32.1. The van der Waals surface area contributed by atoms with Gasteiger partial charge in [0, 0.05) is 5.56 Å². The van der Waals surface area contributed by atoms with Gasteiger partial charge in [0.15, 0.2) is 5.84 Å². The highest BCUT2D eigenvalue weighted by molar-refractivity contribution is 7.80. The Bertz CT molecular complexity index is 958. The molecule has 0 fully saturated rings. The van der Waals surface area contributed by atoms with E-state index in [1.165, 1.54) is 0 Å². The lowest BCUT2D eigenvalue weighted by atomic mass is 10.2. The molecule has 3 aromatic carbocycles. The molecule has 0 bridgehead atoms. The highest BCUT2D eigenvalue weighted by Crippen LogP contribution is 2.24. The zero-order valence-electron chi connectivity index (χ0n) is 14.7. The monoisotopic (exact) mass is 373 g/mol. The summed E-state index contributed by atoms with van der Waals surface area (Å²) in [4.78, 5) is 0. The predicted octanol–water partition coefficient (Wildman–Crippen LogP) is 4.19. The third-order valence-electron chi connectivity index (χ3n) is 4.10. The molecule has 1 heterocycles. The summed E-state index contributed by atoms with van der Waals surface area (Å²) >= 11 is 5.69. The summed E-state index contributed by atoms with van der Waals surface area (Å²) in [5.41, 5.74) is 7.33. The van der Waals surface area contributed by atoms with E-state index in [-0.39, 0.29) is 0 Å².